The third kappa shape index (κ3) is 8.23. The molecule has 0 spiro atoms. The summed E-state index contributed by atoms with van der Waals surface area (Å²) in [5.41, 5.74) is 23.1. The van der Waals surface area contributed by atoms with Crippen molar-refractivity contribution < 1.29 is 0 Å². The van der Waals surface area contributed by atoms with Gasteiger partial charge in [-0.1, -0.05) is 0 Å². The van der Waals surface area contributed by atoms with E-state index in [1.165, 1.54) is 12.8 Å². The molecule has 2 aliphatic rings. The highest BCUT2D eigenvalue weighted by Crippen LogP contribution is 2.34. The topological polar surface area (TPSA) is 111 Å². The molecular weight excluding hydrogens is 300 g/mol. The molecule has 6 nitrogen and oxygen atoms in total. The molecule has 1 heterocycles. The van der Waals surface area contributed by atoms with Gasteiger partial charge in [0.15, 0.2) is 0 Å². The van der Waals surface area contributed by atoms with E-state index in [0.29, 0.717) is 5.92 Å². The number of nitrogens with zero attached hydrogens (tertiary/aromatic N) is 2. The summed E-state index contributed by atoms with van der Waals surface area (Å²) < 4.78 is 0. The molecule has 1 saturated heterocycles. The monoisotopic (exact) mass is 342 g/mol. The first-order valence-electron chi connectivity index (χ1n) is 9.60. The van der Waals surface area contributed by atoms with Gasteiger partial charge in [-0.05, 0) is 52.4 Å². The van der Waals surface area contributed by atoms with Crippen molar-refractivity contribution >= 4 is 0 Å². The van der Waals surface area contributed by atoms with Crippen molar-refractivity contribution in [3.63, 3.8) is 0 Å². The Morgan fingerprint density at radius 3 is 1.58 bits per heavy atom. The molecule has 24 heavy (non-hydrogen) atoms. The van der Waals surface area contributed by atoms with Crippen LogP contribution in [0.5, 0.6) is 0 Å². The van der Waals surface area contributed by atoms with Gasteiger partial charge in [0.25, 0.3) is 0 Å². The molecule has 0 amide bonds. The van der Waals surface area contributed by atoms with E-state index in [4.69, 9.17) is 22.9 Å². The average molecular weight is 343 g/mol. The number of hydrogen-bond acceptors (Lipinski definition) is 6. The van der Waals surface area contributed by atoms with Crippen LogP contribution in [0, 0.1) is 5.92 Å². The second kappa shape index (κ2) is 10.0. The van der Waals surface area contributed by atoms with E-state index in [9.17, 15) is 0 Å². The van der Waals surface area contributed by atoms with E-state index in [1.54, 1.807) is 0 Å². The predicted octanol–water partition coefficient (Wildman–Crippen LogP) is 0.153. The molecule has 2 rings (SSSR count). The number of nitrogens with two attached hydrogens (primary N) is 4. The summed E-state index contributed by atoms with van der Waals surface area (Å²) in [5.74, 6) is 0.661. The molecule has 1 aliphatic heterocycles. The van der Waals surface area contributed by atoms with E-state index in [0.717, 1.165) is 65.2 Å². The van der Waals surface area contributed by atoms with E-state index >= 15 is 0 Å². The van der Waals surface area contributed by atoms with Crippen molar-refractivity contribution in [2.24, 2.45) is 28.9 Å². The molecular formula is C18H42N6. The molecule has 0 unspecified atom stereocenters. The minimum Gasteiger partial charge on any atom is -0.329 e. The maximum atomic E-state index is 6.06. The lowest BCUT2D eigenvalue weighted by atomic mass is 9.71. The molecule has 0 aromatic carbocycles. The van der Waals surface area contributed by atoms with Crippen LogP contribution in [0.2, 0.25) is 0 Å². The van der Waals surface area contributed by atoms with Gasteiger partial charge in [-0.25, -0.2) is 0 Å². The van der Waals surface area contributed by atoms with Gasteiger partial charge in [-0.2, -0.15) is 0 Å². The Morgan fingerprint density at radius 1 is 0.917 bits per heavy atom. The highest BCUT2D eigenvalue weighted by atomic mass is 15.3. The predicted molar refractivity (Wildman–Crippen MR) is 104 cm³/mol. The molecule has 1 saturated carbocycles. The molecule has 1 aliphatic carbocycles. The maximum Gasteiger partial charge on any atom is 0.0126 e. The van der Waals surface area contributed by atoms with Gasteiger partial charge in [0.2, 0.25) is 0 Å². The fraction of sp³-hybridized carbons (Fsp3) is 1.00. The SMILES string of the molecule is CC1(N)CCC(C(C)(C)N)CC1.NCCN1CCN(CCN)CC1. The highest BCUT2D eigenvalue weighted by molar-refractivity contribution is 4.92. The van der Waals surface area contributed by atoms with Crippen LogP contribution >= 0.6 is 0 Å². The Balaban J connectivity index is 0.000000240. The lowest BCUT2D eigenvalue weighted by Gasteiger charge is -2.40. The van der Waals surface area contributed by atoms with Crippen LogP contribution in [0.15, 0.2) is 0 Å². The van der Waals surface area contributed by atoms with E-state index in [2.05, 4.69) is 30.6 Å². The lowest BCUT2D eigenvalue weighted by Crippen LogP contribution is -2.48. The lowest BCUT2D eigenvalue weighted by molar-refractivity contribution is 0.138. The van der Waals surface area contributed by atoms with Crippen molar-refractivity contribution in [3.05, 3.63) is 0 Å². The second-order valence-corrected chi connectivity index (χ2v) is 8.51. The van der Waals surface area contributed by atoms with Crippen molar-refractivity contribution in [2.75, 3.05) is 52.4 Å². The summed E-state index contributed by atoms with van der Waals surface area (Å²) >= 11 is 0. The molecule has 0 bridgehead atoms. The summed E-state index contributed by atoms with van der Waals surface area (Å²) in [6.45, 7) is 14.6. The first-order chi connectivity index (χ1) is 11.2. The van der Waals surface area contributed by atoms with Crippen LogP contribution in [0.25, 0.3) is 0 Å². The van der Waals surface area contributed by atoms with Crippen LogP contribution in [-0.2, 0) is 0 Å². The minimum absolute atomic E-state index is 0.0174. The van der Waals surface area contributed by atoms with Crippen LogP contribution in [0.4, 0.5) is 0 Å². The van der Waals surface area contributed by atoms with Gasteiger partial charge < -0.3 is 22.9 Å². The minimum atomic E-state index is -0.0174. The maximum absolute atomic E-state index is 6.06. The average Bonchev–Trinajstić information content (AvgIpc) is 2.49. The Hall–Kier alpha value is -0.240. The smallest absolute Gasteiger partial charge is 0.0126 e. The normalized spacial score (nSPS) is 29.9. The Labute approximate surface area is 149 Å². The van der Waals surface area contributed by atoms with Crippen LogP contribution in [0.3, 0.4) is 0 Å². The Bertz CT molecular complexity index is 307. The van der Waals surface area contributed by atoms with Crippen molar-refractivity contribution in [2.45, 2.75) is 57.5 Å². The third-order valence-electron chi connectivity index (χ3n) is 5.54. The quantitative estimate of drug-likeness (QED) is 0.566. The van der Waals surface area contributed by atoms with Crippen molar-refractivity contribution in [1.82, 2.24) is 9.80 Å². The summed E-state index contributed by atoms with van der Waals surface area (Å²) in [6.07, 6.45) is 4.63. The van der Waals surface area contributed by atoms with Gasteiger partial charge in [0.05, 0.1) is 0 Å². The fourth-order valence-corrected chi connectivity index (χ4v) is 3.62. The van der Waals surface area contributed by atoms with Gasteiger partial charge in [-0.3, -0.25) is 9.80 Å². The Morgan fingerprint density at radius 2 is 1.29 bits per heavy atom. The van der Waals surface area contributed by atoms with Crippen LogP contribution in [0.1, 0.15) is 46.5 Å². The first kappa shape index (κ1) is 21.8. The fourth-order valence-electron chi connectivity index (χ4n) is 3.62. The van der Waals surface area contributed by atoms with Gasteiger partial charge in [0, 0.05) is 63.4 Å². The highest BCUT2D eigenvalue weighted by Gasteiger charge is 2.33. The summed E-state index contributed by atoms with van der Waals surface area (Å²) in [6, 6.07) is 0. The zero-order chi connectivity index (χ0) is 18.2. The number of piperazine rings is 1. The summed E-state index contributed by atoms with van der Waals surface area (Å²) in [4.78, 5) is 4.82. The first-order valence-corrected chi connectivity index (χ1v) is 9.60. The largest absolute Gasteiger partial charge is 0.329 e. The molecule has 0 radical (unpaired) electrons. The van der Waals surface area contributed by atoms with E-state index in [1.807, 2.05) is 0 Å². The van der Waals surface area contributed by atoms with Crippen molar-refractivity contribution in [1.29, 1.82) is 0 Å². The van der Waals surface area contributed by atoms with E-state index in [-0.39, 0.29) is 11.1 Å². The van der Waals surface area contributed by atoms with Gasteiger partial charge in [-0.15, -0.1) is 0 Å². The third-order valence-corrected chi connectivity index (χ3v) is 5.54. The molecule has 0 aromatic rings. The molecule has 144 valence electrons. The summed E-state index contributed by atoms with van der Waals surface area (Å²) in [7, 11) is 0. The van der Waals surface area contributed by atoms with Crippen LogP contribution < -0.4 is 22.9 Å². The van der Waals surface area contributed by atoms with Gasteiger partial charge in [0.1, 0.15) is 0 Å². The summed E-state index contributed by atoms with van der Waals surface area (Å²) in [5, 5.41) is 0. The van der Waals surface area contributed by atoms with Crippen molar-refractivity contribution in [3.8, 4) is 0 Å². The van der Waals surface area contributed by atoms with Crippen LogP contribution in [-0.4, -0.2) is 73.2 Å². The zero-order valence-corrected chi connectivity index (χ0v) is 16.3. The Kier molecular flexibility index (Phi) is 9.12. The zero-order valence-electron chi connectivity index (χ0n) is 16.3. The molecule has 0 atom stereocenters. The standard InChI is InChI=1S/C10H22N2.C8H20N4/c1-9(2,11)8-4-6-10(3,12)7-5-8;9-1-3-11-5-7-12(4-2-10)8-6-11/h8H,4-7,11-12H2,1-3H3;1-10H2. The second-order valence-electron chi connectivity index (χ2n) is 8.51. The number of rotatable bonds is 5. The molecule has 6 heteroatoms. The number of hydrogen-bond donors (Lipinski definition) is 4. The molecule has 2 fully saturated rings. The molecule has 8 N–H and O–H groups in total. The van der Waals surface area contributed by atoms with E-state index < -0.39 is 0 Å². The molecule has 0 aromatic heterocycles. The van der Waals surface area contributed by atoms with Gasteiger partial charge >= 0.3 is 0 Å².